The van der Waals surface area contributed by atoms with Crippen LogP contribution < -0.4 is 0 Å². The van der Waals surface area contributed by atoms with Crippen LogP contribution in [-0.2, 0) is 9.53 Å². The van der Waals surface area contributed by atoms with Crippen molar-refractivity contribution in [3.05, 3.63) is 34.9 Å². The number of carbonyl (C=O) groups is 1. The largest absolute Gasteiger partial charge is 0.454 e. The van der Waals surface area contributed by atoms with Crippen LogP contribution in [0.4, 0.5) is 0 Å². The first-order chi connectivity index (χ1) is 10.5. The lowest BCUT2D eigenvalue weighted by molar-refractivity contribution is -0.142. The molecule has 2 rings (SSSR count). The van der Waals surface area contributed by atoms with Gasteiger partial charge in [0.2, 0.25) is 0 Å². The van der Waals surface area contributed by atoms with Gasteiger partial charge in [0.05, 0.1) is 0 Å². The third-order valence-corrected chi connectivity index (χ3v) is 4.96. The molecule has 0 aromatic heterocycles. The van der Waals surface area contributed by atoms with Crippen LogP contribution in [0.2, 0.25) is 0 Å². The first-order valence-corrected chi connectivity index (χ1v) is 8.70. The van der Waals surface area contributed by atoms with E-state index in [1.165, 1.54) is 11.1 Å². The minimum atomic E-state index is -0.0937. The van der Waals surface area contributed by atoms with Gasteiger partial charge in [0, 0.05) is 11.5 Å². The van der Waals surface area contributed by atoms with Crippen molar-refractivity contribution in [3.63, 3.8) is 0 Å². The molecule has 0 aromatic rings. The lowest BCUT2D eigenvalue weighted by atomic mass is 9.84. The number of rotatable bonds is 1. The van der Waals surface area contributed by atoms with Crippen molar-refractivity contribution < 1.29 is 9.53 Å². The summed E-state index contributed by atoms with van der Waals surface area (Å²) in [5.41, 5.74) is 3.76. The number of fused-ring (bicyclic) bond motifs is 1. The Morgan fingerprint density at radius 1 is 1.05 bits per heavy atom. The first-order valence-electron chi connectivity index (χ1n) is 8.70. The summed E-state index contributed by atoms with van der Waals surface area (Å²) in [5, 5.41) is 0. The van der Waals surface area contributed by atoms with Crippen molar-refractivity contribution in [2.24, 2.45) is 11.8 Å². The number of esters is 1. The van der Waals surface area contributed by atoms with Gasteiger partial charge in [-0.2, -0.15) is 0 Å². The van der Waals surface area contributed by atoms with Gasteiger partial charge in [-0.05, 0) is 64.4 Å². The summed E-state index contributed by atoms with van der Waals surface area (Å²) < 4.78 is 5.66. The fourth-order valence-electron chi connectivity index (χ4n) is 3.39. The molecule has 0 aromatic carbocycles. The molecule has 22 heavy (non-hydrogen) atoms. The highest BCUT2D eigenvalue weighted by molar-refractivity contribution is 5.90. The lowest BCUT2D eigenvalue weighted by Crippen LogP contribution is -2.25. The zero-order chi connectivity index (χ0) is 16.1. The molecule has 1 heterocycles. The molecule has 2 bridgehead atoms. The van der Waals surface area contributed by atoms with Gasteiger partial charge in [-0.3, -0.25) is 0 Å². The van der Waals surface area contributed by atoms with Crippen molar-refractivity contribution in [2.75, 3.05) is 0 Å². The summed E-state index contributed by atoms with van der Waals surface area (Å²) in [6.45, 7) is 8.88. The molecule has 2 aliphatic rings. The zero-order valence-corrected chi connectivity index (χ0v) is 14.5. The van der Waals surface area contributed by atoms with Crippen molar-refractivity contribution in [1.82, 2.24) is 0 Å². The van der Waals surface area contributed by atoms with Crippen LogP contribution in [0.1, 0.15) is 66.2 Å². The van der Waals surface area contributed by atoms with E-state index in [-0.39, 0.29) is 12.1 Å². The lowest BCUT2D eigenvalue weighted by Gasteiger charge is -2.25. The summed E-state index contributed by atoms with van der Waals surface area (Å²) in [7, 11) is 0. The van der Waals surface area contributed by atoms with Gasteiger partial charge < -0.3 is 4.74 Å². The second kappa shape index (κ2) is 7.80. The van der Waals surface area contributed by atoms with Crippen LogP contribution in [0.3, 0.4) is 0 Å². The van der Waals surface area contributed by atoms with Crippen LogP contribution in [0.15, 0.2) is 34.9 Å². The van der Waals surface area contributed by atoms with Crippen molar-refractivity contribution in [1.29, 1.82) is 0 Å². The minimum absolute atomic E-state index is 0.0247. The minimum Gasteiger partial charge on any atom is -0.454 e. The Labute approximate surface area is 135 Å². The average molecular weight is 302 g/mol. The van der Waals surface area contributed by atoms with E-state index < -0.39 is 0 Å². The van der Waals surface area contributed by atoms with Gasteiger partial charge >= 0.3 is 5.97 Å². The number of carbonyl (C=O) groups excluding carboxylic acids is 1. The molecular formula is C20H30O2. The summed E-state index contributed by atoms with van der Waals surface area (Å²) >= 11 is 0. The van der Waals surface area contributed by atoms with Crippen molar-refractivity contribution in [2.45, 2.75) is 72.3 Å². The van der Waals surface area contributed by atoms with Gasteiger partial charge in [0.15, 0.2) is 0 Å². The van der Waals surface area contributed by atoms with Gasteiger partial charge in [0.1, 0.15) is 6.10 Å². The van der Waals surface area contributed by atoms with Crippen molar-refractivity contribution >= 4 is 5.97 Å². The number of allylic oxidation sites excluding steroid dienone is 4. The third-order valence-electron chi connectivity index (χ3n) is 4.96. The van der Waals surface area contributed by atoms with E-state index in [4.69, 9.17) is 4.74 Å². The average Bonchev–Trinajstić information content (AvgIpc) is 2.79. The predicted molar refractivity (Wildman–Crippen MR) is 91.5 cm³/mol. The number of hydrogen-bond acceptors (Lipinski definition) is 2. The summed E-state index contributed by atoms with van der Waals surface area (Å²) in [6.07, 6.45) is 12.9. The van der Waals surface area contributed by atoms with Crippen LogP contribution in [0.5, 0.6) is 0 Å². The molecular weight excluding hydrogens is 272 g/mol. The Bertz CT molecular complexity index is 494. The highest BCUT2D eigenvalue weighted by atomic mass is 16.5. The normalized spacial score (nSPS) is 32.4. The molecule has 1 aliphatic carbocycles. The van der Waals surface area contributed by atoms with Crippen LogP contribution >= 0.6 is 0 Å². The maximum Gasteiger partial charge on any atom is 0.334 e. The monoisotopic (exact) mass is 302 g/mol. The summed E-state index contributed by atoms with van der Waals surface area (Å²) in [6, 6.07) is 0. The van der Waals surface area contributed by atoms with Gasteiger partial charge in [-0.25, -0.2) is 4.79 Å². The Hall–Kier alpha value is -1.31. The molecule has 0 spiro atoms. The van der Waals surface area contributed by atoms with Gasteiger partial charge in [-0.1, -0.05) is 37.1 Å². The molecule has 0 fully saturated rings. The maximum absolute atomic E-state index is 12.1. The van der Waals surface area contributed by atoms with E-state index in [0.29, 0.717) is 11.8 Å². The predicted octanol–water partition coefficient (Wildman–Crippen LogP) is 5.36. The second-order valence-corrected chi connectivity index (χ2v) is 7.19. The molecule has 0 unspecified atom stereocenters. The SMILES string of the molecule is C/C1=C/CCC2=C[C@@H](OC2=O)[C@H](C(C)C)CC/C(C)=C\CC1. The highest BCUT2D eigenvalue weighted by Crippen LogP contribution is 2.32. The van der Waals surface area contributed by atoms with Gasteiger partial charge in [-0.15, -0.1) is 0 Å². The van der Waals surface area contributed by atoms with Gasteiger partial charge in [0.25, 0.3) is 0 Å². The zero-order valence-electron chi connectivity index (χ0n) is 14.5. The molecule has 0 N–H and O–H groups in total. The molecule has 0 amide bonds. The Morgan fingerprint density at radius 2 is 1.68 bits per heavy atom. The van der Waals surface area contributed by atoms with Crippen LogP contribution in [0.25, 0.3) is 0 Å². The van der Waals surface area contributed by atoms with Crippen LogP contribution in [-0.4, -0.2) is 12.1 Å². The fourth-order valence-corrected chi connectivity index (χ4v) is 3.39. The molecule has 122 valence electrons. The molecule has 2 nitrogen and oxygen atoms in total. The van der Waals surface area contributed by atoms with E-state index in [0.717, 1.165) is 44.1 Å². The van der Waals surface area contributed by atoms with E-state index in [1.54, 1.807) is 0 Å². The maximum atomic E-state index is 12.1. The molecule has 2 atom stereocenters. The summed E-state index contributed by atoms with van der Waals surface area (Å²) in [5.74, 6) is 0.852. The Morgan fingerprint density at radius 3 is 2.36 bits per heavy atom. The van der Waals surface area contributed by atoms with Crippen molar-refractivity contribution in [3.8, 4) is 0 Å². The van der Waals surface area contributed by atoms with E-state index in [1.807, 2.05) is 0 Å². The third kappa shape index (κ3) is 4.59. The molecule has 0 saturated heterocycles. The standard InChI is InChI=1S/C20H30O2/c1-14(2)18-12-11-16(4)8-5-7-15(3)9-6-10-17-13-19(18)22-20(17)21/h8-9,13-14,18-19H,5-7,10-12H2,1-4H3/b15-9-,16-8-/t18-,19+/m0/s1. The molecule has 1 aliphatic heterocycles. The number of hydrogen-bond donors (Lipinski definition) is 0. The highest BCUT2D eigenvalue weighted by Gasteiger charge is 2.32. The Kier molecular flexibility index (Phi) is 6.05. The molecule has 0 radical (unpaired) electrons. The van der Waals surface area contributed by atoms with E-state index in [2.05, 4.69) is 45.9 Å². The quantitative estimate of drug-likeness (QED) is 0.481. The second-order valence-electron chi connectivity index (χ2n) is 7.19. The topological polar surface area (TPSA) is 26.3 Å². The van der Waals surface area contributed by atoms with E-state index >= 15 is 0 Å². The molecule has 0 saturated carbocycles. The fraction of sp³-hybridized carbons (Fsp3) is 0.650. The Balaban J connectivity index is 2.19. The van der Waals surface area contributed by atoms with Crippen LogP contribution in [0, 0.1) is 11.8 Å². The number of ether oxygens (including phenoxy) is 1. The molecule has 2 heteroatoms. The first kappa shape index (κ1) is 17.1. The smallest absolute Gasteiger partial charge is 0.334 e. The summed E-state index contributed by atoms with van der Waals surface area (Å²) in [4.78, 5) is 12.1. The van der Waals surface area contributed by atoms with E-state index in [9.17, 15) is 4.79 Å².